The fourth-order valence-electron chi connectivity index (χ4n) is 2.99. The van der Waals surface area contributed by atoms with Crippen LogP contribution in [0.25, 0.3) is 0 Å². The van der Waals surface area contributed by atoms with Crippen LogP contribution in [-0.4, -0.2) is 31.4 Å². The Kier molecular flexibility index (Phi) is 6.71. The minimum absolute atomic E-state index is 0.0169. The maximum absolute atomic E-state index is 13.5. The standard InChI is InChI=1S/C21H27FN2O/c1-15-8-9-17(16(2)12-15)10-11-21(25)23-14-20(24(3)4)18-6-5-7-19(22)13-18/h5-9,12-13,20H,10-11,14H2,1-4H3,(H,23,25)/t20-/m0/s1. The Morgan fingerprint density at radius 1 is 1.16 bits per heavy atom. The average Bonchev–Trinajstić information content (AvgIpc) is 2.54. The fraction of sp³-hybridized carbons (Fsp3) is 0.381. The Morgan fingerprint density at radius 3 is 2.56 bits per heavy atom. The zero-order chi connectivity index (χ0) is 18.4. The van der Waals surface area contributed by atoms with Gasteiger partial charge in [-0.05, 0) is 63.2 Å². The second-order valence-electron chi connectivity index (χ2n) is 6.77. The van der Waals surface area contributed by atoms with Gasteiger partial charge in [0.2, 0.25) is 5.91 Å². The van der Waals surface area contributed by atoms with E-state index in [2.05, 4.69) is 37.4 Å². The van der Waals surface area contributed by atoms with E-state index >= 15 is 0 Å². The van der Waals surface area contributed by atoms with E-state index in [-0.39, 0.29) is 17.8 Å². The number of aryl methyl sites for hydroxylation is 3. The van der Waals surface area contributed by atoms with Crippen LogP contribution in [0.15, 0.2) is 42.5 Å². The average molecular weight is 342 g/mol. The monoisotopic (exact) mass is 342 g/mol. The van der Waals surface area contributed by atoms with Gasteiger partial charge in [0.05, 0.1) is 6.04 Å². The van der Waals surface area contributed by atoms with Gasteiger partial charge in [-0.25, -0.2) is 4.39 Å². The number of likely N-dealkylation sites (N-methyl/N-ethyl adjacent to an activating group) is 1. The highest BCUT2D eigenvalue weighted by Gasteiger charge is 2.16. The third-order valence-electron chi connectivity index (χ3n) is 4.47. The predicted molar refractivity (Wildman–Crippen MR) is 100 cm³/mol. The molecule has 0 aliphatic heterocycles. The SMILES string of the molecule is Cc1ccc(CCC(=O)NC[C@@H](c2cccc(F)c2)N(C)C)c(C)c1. The Bertz CT molecular complexity index is 728. The van der Waals surface area contributed by atoms with Crippen molar-refractivity contribution in [1.82, 2.24) is 10.2 Å². The number of hydrogen-bond acceptors (Lipinski definition) is 2. The van der Waals surface area contributed by atoms with Gasteiger partial charge >= 0.3 is 0 Å². The summed E-state index contributed by atoms with van der Waals surface area (Å²) in [6, 6.07) is 12.8. The molecule has 0 aliphatic rings. The van der Waals surface area contributed by atoms with Crippen molar-refractivity contribution in [2.24, 2.45) is 0 Å². The molecule has 0 fully saturated rings. The van der Waals surface area contributed by atoms with Gasteiger partial charge in [0.15, 0.2) is 0 Å². The van der Waals surface area contributed by atoms with Crippen LogP contribution in [0.4, 0.5) is 4.39 Å². The van der Waals surface area contributed by atoms with Crippen molar-refractivity contribution in [2.75, 3.05) is 20.6 Å². The summed E-state index contributed by atoms with van der Waals surface area (Å²) in [5.74, 6) is -0.242. The van der Waals surface area contributed by atoms with Crippen molar-refractivity contribution >= 4 is 5.91 Å². The van der Waals surface area contributed by atoms with Crippen LogP contribution in [0.5, 0.6) is 0 Å². The third kappa shape index (κ3) is 5.68. The lowest BCUT2D eigenvalue weighted by Gasteiger charge is -2.25. The quantitative estimate of drug-likeness (QED) is 0.830. The molecular weight excluding hydrogens is 315 g/mol. The summed E-state index contributed by atoms with van der Waals surface area (Å²) in [6.45, 7) is 4.60. The number of hydrogen-bond donors (Lipinski definition) is 1. The topological polar surface area (TPSA) is 32.3 Å². The molecule has 0 unspecified atom stereocenters. The highest BCUT2D eigenvalue weighted by atomic mass is 19.1. The number of carbonyl (C=O) groups excluding carboxylic acids is 1. The third-order valence-corrected chi connectivity index (χ3v) is 4.47. The Morgan fingerprint density at radius 2 is 1.92 bits per heavy atom. The molecule has 0 saturated heterocycles. The zero-order valence-corrected chi connectivity index (χ0v) is 15.5. The summed E-state index contributed by atoms with van der Waals surface area (Å²) < 4.78 is 13.5. The molecule has 2 aromatic carbocycles. The van der Waals surface area contributed by atoms with Crippen LogP contribution in [0.2, 0.25) is 0 Å². The van der Waals surface area contributed by atoms with Crippen molar-refractivity contribution in [3.8, 4) is 0 Å². The fourth-order valence-corrected chi connectivity index (χ4v) is 2.99. The van der Waals surface area contributed by atoms with E-state index < -0.39 is 0 Å². The molecule has 0 radical (unpaired) electrons. The molecule has 0 aromatic heterocycles. The highest BCUT2D eigenvalue weighted by Crippen LogP contribution is 2.18. The van der Waals surface area contributed by atoms with E-state index in [9.17, 15) is 9.18 Å². The van der Waals surface area contributed by atoms with Gasteiger partial charge in [0.1, 0.15) is 5.82 Å². The summed E-state index contributed by atoms with van der Waals surface area (Å²) in [4.78, 5) is 14.2. The number of rotatable bonds is 7. The van der Waals surface area contributed by atoms with Gasteiger partial charge in [0, 0.05) is 13.0 Å². The maximum atomic E-state index is 13.5. The molecule has 1 N–H and O–H groups in total. The molecule has 0 bridgehead atoms. The number of benzene rings is 2. The molecule has 2 aromatic rings. The van der Waals surface area contributed by atoms with Crippen molar-refractivity contribution in [3.05, 3.63) is 70.5 Å². The Labute approximate surface area is 149 Å². The van der Waals surface area contributed by atoms with Gasteiger partial charge in [0.25, 0.3) is 0 Å². The van der Waals surface area contributed by atoms with Crippen LogP contribution in [0.1, 0.15) is 34.7 Å². The minimum atomic E-state index is -0.259. The van der Waals surface area contributed by atoms with Crippen molar-refractivity contribution in [2.45, 2.75) is 32.7 Å². The lowest BCUT2D eigenvalue weighted by atomic mass is 10.0. The van der Waals surface area contributed by atoms with E-state index in [1.165, 1.54) is 28.8 Å². The molecule has 134 valence electrons. The molecule has 4 heteroatoms. The highest BCUT2D eigenvalue weighted by molar-refractivity contribution is 5.76. The molecule has 3 nitrogen and oxygen atoms in total. The van der Waals surface area contributed by atoms with Crippen molar-refractivity contribution in [1.29, 1.82) is 0 Å². The van der Waals surface area contributed by atoms with Crippen LogP contribution >= 0.6 is 0 Å². The van der Waals surface area contributed by atoms with Crippen LogP contribution in [-0.2, 0) is 11.2 Å². The first kappa shape index (κ1) is 19.1. The second-order valence-corrected chi connectivity index (χ2v) is 6.77. The zero-order valence-electron chi connectivity index (χ0n) is 15.5. The lowest BCUT2D eigenvalue weighted by Crippen LogP contribution is -2.34. The second kappa shape index (κ2) is 8.77. The van der Waals surface area contributed by atoms with E-state index in [4.69, 9.17) is 0 Å². The number of nitrogens with zero attached hydrogens (tertiary/aromatic N) is 1. The first-order valence-electron chi connectivity index (χ1n) is 8.61. The van der Waals surface area contributed by atoms with E-state index in [1.807, 2.05) is 25.1 Å². The Balaban J connectivity index is 1.91. The maximum Gasteiger partial charge on any atom is 0.220 e. The molecule has 1 atom stereocenters. The predicted octanol–water partition coefficient (Wildman–Crippen LogP) is 3.79. The molecule has 0 heterocycles. The molecule has 0 saturated carbocycles. The molecule has 2 rings (SSSR count). The largest absolute Gasteiger partial charge is 0.354 e. The molecule has 0 spiro atoms. The number of nitrogens with one attached hydrogen (secondary N) is 1. The van der Waals surface area contributed by atoms with Crippen LogP contribution in [0, 0.1) is 19.7 Å². The smallest absolute Gasteiger partial charge is 0.220 e. The first-order valence-corrected chi connectivity index (χ1v) is 8.61. The van der Waals surface area contributed by atoms with Crippen LogP contribution in [0.3, 0.4) is 0 Å². The summed E-state index contributed by atoms with van der Waals surface area (Å²) in [5, 5.41) is 2.98. The van der Waals surface area contributed by atoms with Gasteiger partial charge in [-0.3, -0.25) is 4.79 Å². The van der Waals surface area contributed by atoms with Crippen molar-refractivity contribution in [3.63, 3.8) is 0 Å². The number of amides is 1. The minimum Gasteiger partial charge on any atom is -0.354 e. The normalized spacial score (nSPS) is 12.2. The lowest BCUT2D eigenvalue weighted by molar-refractivity contribution is -0.121. The molecule has 25 heavy (non-hydrogen) atoms. The van der Waals surface area contributed by atoms with Crippen LogP contribution < -0.4 is 5.32 Å². The van der Waals surface area contributed by atoms with Crippen molar-refractivity contribution < 1.29 is 9.18 Å². The van der Waals surface area contributed by atoms with Gasteiger partial charge < -0.3 is 10.2 Å². The van der Waals surface area contributed by atoms with E-state index in [0.29, 0.717) is 13.0 Å². The summed E-state index contributed by atoms with van der Waals surface area (Å²) in [5.41, 5.74) is 4.52. The summed E-state index contributed by atoms with van der Waals surface area (Å²) in [7, 11) is 3.86. The first-order chi connectivity index (χ1) is 11.9. The molecular formula is C21H27FN2O. The van der Waals surface area contributed by atoms with E-state index in [1.54, 1.807) is 6.07 Å². The van der Waals surface area contributed by atoms with E-state index in [0.717, 1.165) is 12.0 Å². The van der Waals surface area contributed by atoms with Gasteiger partial charge in [-0.1, -0.05) is 35.9 Å². The number of carbonyl (C=O) groups is 1. The van der Waals surface area contributed by atoms with Gasteiger partial charge in [-0.15, -0.1) is 0 Å². The Hall–Kier alpha value is -2.20. The summed E-state index contributed by atoms with van der Waals surface area (Å²) in [6.07, 6.45) is 1.18. The number of halogens is 1. The summed E-state index contributed by atoms with van der Waals surface area (Å²) >= 11 is 0. The molecule has 1 amide bonds. The molecule has 0 aliphatic carbocycles. The van der Waals surface area contributed by atoms with Gasteiger partial charge in [-0.2, -0.15) is 0 Å².